The molecule has 0 fully saturated rings. The minimum Gasteiger partial charge on any atom is -0.367 e. The Kier molecular flexibility index (Phi) is 6.47. The summed E-state index contributed by atoms with van der Waals surface area (Å²) in [6.45, 7) is 1.04. The Bertz CT molecular complexity index is 866. The number of carbonyl (C=O) groups is 1. The predicted octanol–water partition coefficient (Wildman–Crippen LogP) is 2.86. The third-order valence-corrected chi connectivity index (χ3v) is 3.57. The van der Waals surface area contributed by atoms with E-state index in [-0.39, 0.29) is 5.91 Å². The van der Waals surface area contributed by atoms with Crippen LogP contribution in [0, 0.1) is 0 Å². The Morgan fingerprint density at radius 2 is 1.63 bits per heavy atom. The lowest BCUT2D eigenvalue weighted by Crippen LogP contribution is -2.27. The molecule has 0 spiro atoms. The molecule has 0 radical (unpaired) electrons. The van der Waals surface area contributed by atoms with Crippen LogP contribution >= 0.6 is 0 Å². The molecule has 0 aliphatic carbocycles. The maximum Gasteiger partial charge on any atom is 0.244 e. The Morgan fingerprint density at radius 3 is 2.37 bits per heavy atom. The molecule has 27 heavy (non-hydrogen) atoms. The number of nitrogens with one attached hydrogen (secondary N) is 3. The lowest BCUT2D eigenvalue weighted by atomic mass is 10.2. The first-order chi connectivity index (χ1) is 13.3. The van der Waals surface area contributed by atoms with Crippen molar-refractivity contribution in [2.24, 2.45) is 0 Å². The maximum atomic E-state index is 11.8. The molecule has 3 N–H and O–H groups in total. The molecule has 0 atom stereocenters. The molecular weight excluding hydrogens is 340 g/mol. The van der Waals surface area contributed by atoms with E-state index < -0.39 is 0 Å². The van der Waals surface area contributed by atoms with Gasteiger partial charge in [-0.15, -0.1) is 10.2 Å². The lowest BCUT2D eigenvalue weighted by Gasteiger charge is -2.07. The topological polar surface area (TPSA) is 91.8 Å². The van der Waals surface area contributed by atoms with E-state index in [4.69, 9.17) is 0 Å². The van der Waals surface area contributed by atoms with E-state index in [1.807, 2.05) is 54.6 Å². The first kappa shape index (κ1) is 18.1. The minimum absolute atomic E-state index is 0.136. The van der Waals surface area contributed by atoms with Crippen molar-refractivity contribution in [2.45, 2.75) is 0 Å². The molecule has 3 aromatic rings. The molecule has 2 heterocycles. The molecular formula is C20H20N6O. The summed E-state index contributed by atoms with van der Waals surface area (Å²) < 4.78 is 0. The number of amides is 1. The number of hydrogen-bond donors (Lipinski definition) is 3. The number of nitrogens with zero attached hydrogens (tertiary/aromatic N) is 3. The van der Waals surface area contributed by atoms with Crippen molar-refractivity contribution in [3.63, 3.8) is 0 Å². The van der Waals surface area contributed by atoms with Crippen LogP contribution in [0.5, 0.6) is 0 Å². The SMILES string of the molecule is O=C(/C=C/c1ccccc1)NCCNc1ccc(Nc2ccncc2)nn1. The number of benzene rings is 1. The lowest BCUT2D eigenvalue weighted by molar-refractivity contribution is -0.116. The highest BCUT2D eigenvalue weighted by Gasteiger charge is 1.99. The summed E-state index contributed by atoms with van der Waals surface area (Å²) in [4.78, 5) is 15.7. The fraction of sp³-hybridized carbons (Fsp3) is 0.100. The zero-order chi connectivity index (χ0) is 18.7. The van der Waals surface area contributed by atoms with E-state index in [1.165, 1.54) is 6.08 Å². The maximum absolute atomic E-state index is 11.8. The molecule has 0 aliphatic heterocycles. The molecule has 0 unspecified atom stereocenters. The van der Waals surface area contributed by atoms with Gasteiger partial charge in [-0.25, -0.2) is 0 Å². The highest BCUT2D eigenvalue weighted by Crippen LogP contribution is 2.13. The molecule has 7 nitrogen and oxygen atoms in total. The van der Waals surface area contributed by atoms with Gasteiger partial charge in [0.1, 0.15) is 5.82 Å². The summed E-state index contributed by atoms with van der Waals surface area (Å²) in [5, 5.41) is 17.3. The van der Waals surface area contributed by atoms with Gasteiger partial charge >= 0.3 is 0 Å². The van der Waals surface area contributed by atoms with Gasteiger partial charge in [0.15, 0.2) is 5.82 Å². The third kappa shape index (κ3) is 6.24. The van der Waals surface area contributed by atoms with Gasteiger partial charge in [0.2, 0.25) is 5.91 Å². The van der Waals surface area contributed by atoms with Crippen LogP contribution < -0.4 is 16.0 Å². The highest BCUT2D eigenvalue weighted by molar-refractivity contribution is 5.91. The van der Waals surface area contributed by atoms with Crippen LogP contribution in [0.4, 0.5) is 17.3 Å². The van der Waals surface area contributed by atoms with Crippen molar-refractivity contribution in [1.29, 1.82) is 0 Å². The van der Waals surface area contributed by atoms with Crippen molar-refractivity contribution in [2.75, 3.05) is 23.7 Å². The summed E-state index contributed by atoms with van der Waals surface area (Å²) in [6, 6.07) is 17.0. The first-order valence-electron chi connectivity index (χ1n) is 8.55. The highest BCUT2D eigenvalue weighted by atomic mass is 16.1. The fourth-order valence-electron chi connectivity index (χ4n) is 2.25. The van der Waals surface area contributed by atoms with Crippen molar-refractivity contribution >= 4 is 29.3 Å². The second-order valence-electron chi connectivity index (χ2n) is 5.63. The monoisotopic (exact) mass is 360 g/mol. The van der Waals surface area contributed by atoms with Gasteiger partial charge in [-0.1, -0.05) is 30.3 Å². The van der Waals surface area contributed by atoms with Crippen LogP contribution in [0.15, 0.2) is 73.1 Å². The van der Waals surface area contributed by atoms with Crippen LogP contribution in [0.2, 0.25) is 0 Å². The molecule has 0 saturated carbocycles. The molecule has 7 heteroatoms. The standard InChI is InChI=1S/C20H20N6O/c27-20(9-6-16-4-2-1-3-5-16)23-15-14-22-18-7-8-19(26-25-18)24-17-10-12-21-13-11-17/h1-13H,14-15H2,(H,22,25)(H,23,27)(H,21,24,26)/b9-6+. The van der Waals surface area contributed by atoms with Crippen LogP contribution in [-0.2, 0) is 4.79 Å². The Hall–Kier alpha value is -3.74. The summed E-state index contributed by atoms with van der Waals surface area (Å²) >= 11 is 0. The predicted molar refractivity (Wildman–Crippen MR) is 107 cm³/mol. The molecule has 0 bridgehead atoms. The second kappa shape index (κ2) is 9.67. The largest absolute Gasteiger partial charge is 0.367 e. The second-order valence-corrected chi connectivity index (χ2v) is 5.63. The molecule has 136 valence electrons. The third-order valence-electron chi connectivity index (χ3n) is 3.57. The average Bonchev–Trinajstić information content (AvgIpc) is 2.72. The number of pyridine rings is 1. The number of aromatic nitrogens is 3. The molecule has 0 saturated heterocycles. The number of carbonyl (C=O) groups excluding carboxylic acids is 1. The smallest absolute Gasteiger partial charge is 0.244 e. The van der Waals surface area contributed by atoms with Crippen molar-refractivity contribution < 1.29 is 4.79 Å². The minimum atomic E-state index is -0.136. The molecule has 1 aromatic carbocycles. The summed E-state index contributed by atoms with van der Waals surface area (Å²) in [6.07, 6.45) is 6.71. The van der Waals surface area contributed by atoms with E-state index in [0.29, 0.717) is 24.7 Å². The van der Waals surface area contributed by atoms with Crippen molar-refractivity contribution in [1.82, 2.24) is 20.5 Å². The average molecular weight is 360 g/mol. The Labute approximate surface area is 157 Å². The molecule has 1 amide bonds. The summed E-state index contributed by atoms with van der Waals surface area (Å²) in [5.74, 6) is 1.15. The quantitative estimate of drug-likeness (QED) is 0.423. The van der Waals surface area contributed by atoms with Crippen molar-refractivity contribution in [3.8, 4) is 0 Å². The van der Waals surface area contributed by atoms with Crippen LogP contribution in [0.3, 0.4) is 0 Å². The van der Waals surface area contributed by atoms with E-state index in [2.05, 4.69) is 31.1 Å². The fourth-order valence-corrected chi connectivity index (χ4v) is 2.25. The number of rotatable bonds is 8. The normalized spacial score (nSPS) is 10.5. The van der Waals surface area contributed by atoms with Gasteiger partial charge in [-0.05, 0) is 35.9 Å². The van der Waals surface area contributed by atoms with Gasteiger partial charge in [-0.2, -0.15) is 0 Å². The van der Waals surface area contributed by atoms with E-state index in [9.17, 15) is 4.79 Å². The Balaban J connectivity index is 1.37. The van der Waals surface area contributed by atoms with Gasteiger partial charge in [-0.3, -0.25) is 9.78 Å². The Morgan fingerprint density at radius 1 is 0.889 bits per heavy atom. The number of hydrogen-bond acceptors (Lipinski definition) is 6. The van der Waals surface area contributed by atoms with Gasteiger partial charge in [0, 0.05) is 37.2 Å². The molecule has 2 aromatic heterocycles. The summed E-state index contributed by atoms with van der Waals surface area (Å²) in [5.41, 5.74) is 1.88. The number of anilines is 3. The van der Waals surface area contributed by atoms with E-state index in [1.54, 1.807) is 18.5 Å². The zero-order valence-electron chi connectivity index (χ0n) is 14.7. The van der Waals surface area contributed by atoms with Crippen molar-refractivity contribution in [3.05, 3.63) is 78.6 Å². The zero-order valence-corrected chi connectivity index (χ0v) is 14.7. The first-order valence-corrected chi connectivity index (χ1v) is 8.55. The van der Waals surface area contributed by atoms with Gasteiger partial charge < -0.3 is 16.0 Å². The van der Waals surface area contributed by atoms with Gasteiger partial charge in [0.05, 0.1) is 0 Å². The van der Waals surface area contributed by atoms with Crippen LogP contribution in [0.1, 0.15) is 5.56 Å². The molecule has 3 rings (SSSR count). The van der Waals surface area contributed by atoms with Crippen LogP contribution in [0.25, 0.3) is 6.08 Å². The van der Waals surface area contributed by atoms with E-state index in [0.717, 1.165) is 11.3 Å². The van der Waals surface area contributed by atoms with Gasteiger partial charge in [0.25, 0.3) is 0 Å². The van der Waals surface area contributed by atoms with E-state index >= 15 is 0 Å². The van der Waals surface area contributed by atoms with Crippen LogP contribution in [-0.4, -0.2) is 34.2 Å². The molecule has 0 aliphatic rings. The summed E-state index contributed by atoms with van der Waals surface area (Å²) in [7, 11) is 0.